The van der Waals surface area contributed by atoms with Crippen LogP contribution >= 0.6 is 11.8 Å². The third-order valence-corrected chi connectivity index (χ3v) is 4.39. The van der Waals surface area contributed by atoms with E-state index in [1.165, 1.54) is 5.56 Å². The van der Waals surface area contributed by atoms with Crippen molar-refractivity contribution >= 4 is 11.8 Å². The van der Waals surface area contributed by atoms with Gasteiger partial charge in [0, 0.05) is 51.4 Å². The van der Waals surface area contributed by atoms with Crippen LogP contribution in [0, 0.1) is 0 Å². The van der Waals surface area contributed by atoms with Gasteiger partial charge >= 0.3 is 0 Å². The molecule has 0 aromatic heterocycles. The van der Waals surface area contributed by atoms with Crippen LogP contribution in [0.3, 0.4) is 0 Å². The van der Waals surface area contributed by atoms with Gasteiger partial charge in [-0.1, -0.05) is 30.3 Å². The fourth-order valence-corrected chi connectivity index (χ4v) is 3.04. The Morgan fingerprint density at radius 1 is 1.25 bits per heavy atom. The first-order valence-corrected chi connectivity index (χ1v) is 8.67. The van der Waals surface area contributed by atoms with Crippen LogP contribution < -0.4 is 0 Å². The molecular weight excluding hydrogens is 270 g/mol. The number of aliphatic hydroxyl groups is 1. The standard InChI is InChI=1S/C16H25NO2S/c1-20-12-9-17(13-15-5-3-2-4-6-15)14-16(18)7-10-19-11-8-16/h2-6,18H,7-14H2,1H3. The highest BCUT2D eigenvalue weighted by Gasteiger charge is 2.31. The summed E-state index contributed by atoms with van der Waals surface area (Å²) in [6.07, 6.45) is 3.62. The van der Waals surface area contributed by atoms with E-state index in [4.69, 9.17) is 4.74 Å². The van der Waals surface area contributed by atoms with Gasteiger partial charge in [0.1, 0.15) is 0 Å². The Labute approximate surface area is 126 Å². The summed E-state index contributed by atoms with van der Waals surface area (Å²) >= 11 is 1.85. The maximum atomic E-state index is 10.7. The van der Waals surface area contributed by atoms with E-state index >= 15 is 0 Å². The summed E-state index contributed by atoms with van der Waals surface area (Å²) in [7, 11) is 0. The molecule has 0 radical (unpaired) electrons. The lowest BCUT2D eigenvalue weighted by atomic mass is 9.93. The van der Waals surface area contributed by atoms with Gasteiger partial charge in [-0.15, -0.1) is 0 Å². The molecule has 0 spiro atoms. The Bertz CT molecular complexity index is 379. The van der Waals surface area contributed by atoms with Gasteiger partial charge in [0.25, 0.3) is 0 Å². The molecule has 0 bridgehead atoms. The number of hydrogen-bond donors (Lipinski definition) is 1. The van der Waals surface area contributed by atoms with Gasteiger partial charge in [0.05, 0.1) is 5.60 Å². The van der Waals surface area contributed by atoms with Crippen LogP contribution in [0.25, 0.3) is 0 Å². The van der Waals surface area contributed by atoms with Crippen molar-refractivity contribution in [1.82, 2.24) is 4.90 Å². The average Bonchev–Trinajstić information content (AvgIpc) is 2.46. The minimum absolute atomic E-state index is 0.578. The summed E-state index contributed by atoms with van der Waals surface area (Å²) in [5, 5.41) is 10.7. The number of thioether (sulfide) groups is 1. The SMILES string of the molecule is CSCCN(Cc1ccccc1)CC1(O)CCOCC1. The second kappa shape index (κ2) is 8.03. The summed E-state index contributed by atoms with van der Waals surface area (Å²) in [6.45, 7) is 4.02. The molecule has 2 rings (SSSR count). The molecule has 1 N–H and O–H groups in total. The van der Waals surface area contributed by atoms with E-state index in [0.717, 1.165) is 38.2 Å². The molecule has 1 aromatic rings. The molecule has 1 saturated heterocycles. The summed E-state index contributed by atoms with van der Waals surface area (Å²) in [5.41, 5.74) is 0.732. The molecule has 0 atom stereocenters. The lowest BCUT2D eigenvalue weighted by Gasteiger charge is -2.37. The van der Waals surface area contributed by atoms with E-state index in [1.54, 1.807) is 0 Å². The van der Waals surface area contributed by atoms with Crippen LogP contribution in [0.1, 0.15) is 18.4 Å². The maximum Gasteiger partial charge on any atom is 0.0818 e. The van der Waals surface area contributed by atoms with E-state index in [1.807, 2.05) is 17.8 Å². The van der Waals surface area contributed by atoms with E-state index in [9.17, 15) is 5.11 Å². The zero-order chi connectivity index (χ0) is 14.3. The first kappa shape index (κ1) is 15.8. The zero-order valence-corrected chi connectivity index (χ0v) is 13.1. The van der Waals surface area contributed by atoms with Crippen LogP contribution in [0.15, 0.2) is 30.3 Å². The molecule has 0 amide bonds. The Hall–Kier alpha value is -0.550. The van der Waals surface area contributed by atoms with Gasteiger partial charge in [-0.2, -0.15) is 11.8 Å². The van der Waals surface area contributed by atoms with Crippen LogP contribution in [-0.2, 0) is 11.3 Å². The highest BCUT2D eigenvalue weighted by molar-refractivity contribution is 7.98. The molecule has 1 aromatic carbocycles. The van der Waals surface area contributed by atoms with Crippen LogP contribution in [0.2, 0.25) is 0 Å². The molecule has 0 aliphatic carbocycles. The second-order valence-electron chi connectivity index (χ2n) is 5.53. The topological polar surface area (TPSA) is 32.7 Å². The van der Waals surface area contributed by atoms with Crippen molar-refractivity contribution in [3.8, 4) is 0 Å². The van der Waals surface area contributed by atoms with Gasteiger partial charge < -0.3 is 9.84 Å². The zero-order valence-electron chi connectivity index (χ0n) is 12.3. The minimum Gasteiger partial charge on any atom is -0.388 e. The monoisotopic (exact) mass is 295 g/mol. The molecule has 4 heteroatoms. The Kier molecular flexibility index (Phi) is 6.36. The highest BCUT2D eigenvalue weighted by Crippen LogP contribution is 2.22. The summed E-state index contributed by atoms with van der Waals surface area (Å²) in [5.74, 6) is 1.10. The summed E-state index contributed by atoms with van der Waals surface area (Å²) in [4.78, 5) is 2.37. The maximum absolute atomic E-state index is 10.7. The normalized spacial score (nSPS) is 18.4. The predicted octanol–water partition coefficient (Wildman–Crippen LogP) is 2.39. The third kappa shape index (κ3) is 5.09. The van der Waals surface area contributed by atoms with Crippen molar-refractivity contribution < 1.29 is 9.84 Å². The predicted molar refractivity (Wildman–Crippen MR) is 85.1 cm³/mol. The van der Waals surface area contributed by atoms with Crippen LogP contribution in [-0.4, -0.2) is 53.9 Å². The summed E-state index contributed by atoms with van der Waals surface area (Å²) < 4.78 is 5.36. The van der Waals surface area contributed by atoms with Gasteiger partial charge in [0.2, 0.25) is 0 Å². The number of hydrogen-bond acceptors (Lipinski definition) is 4. The largest absolute Gasteiger partial charge is 0.388 e. The van der Waals surface area contributed by atoms with Crippen molar-refractivity contribution in [3.63, 3.8) is 0 Å². The fraction of sp³-hybridized carbons (Fsp3) is 0.625. The van der Waals surface area contributed by atoms with Gasteiger partial charge in [-0.25, -0.2) is 0 Å². The number of nitrogens with zero attached hydrogens (tertiary/aromatic N) is 1. The van der Waals surface area contributed by atoms with Crippen molar-refractivity contribution in [1.29, 1.82) is 0 Å². The number of benzene rings is 1. The van der Waals surface area contributed by atoms with E-state index in [-0.39, 0.29) is 0 Å². The fourth-order valence-electron chi connectivity index (χ4n) is 2.60. The second-order valence-corrected chi connectivity index (χ2v) is 6.51. The lowest BCUT2D eigenvalue weighted by Crippen LogP contribution is -2.47. The third-order valence-electron chi connectivity index (χ3n) is 3.80. The quantitative estimate of drug-likeness (QED) is 0.837. The Morgan fingerprint density at radius 3 is 2.60 bits per heavy atom. The smallest absolute Gasteiger partial charge is 0.0818 e. The average molecular weight is 295 g/mol. The summed E-state index contributed by atoms with van der Waals surface area (Å²) in [6, 6.07) is 10.5. The molecule has 1 aliphatic rings. The lowest BCUT2D eigenvalue weighted by molar-refractivity contribution is -0.0802. The molecule has 0 unspecified atom stereocenters. The van der Waals surface area contributed by atoms with Crippen LogP contribution in [0.4, 0.5) is 0 Å². The number of ether oxygens (including phenoxy) is 1. The molecular formula is C16H25NO2S. The first-order valence-electron chi connectivity index (χ1n) is 7.27. The molecule has 1 aliphatic heterocycles. The first-order chi connectivity index (χ1) is 9.72. The molecule has 1 fully saturated rings. The van der Waals surface area contributed by atoms with Gasteiger partial charge in [0.15, 0.2) is 0 Å². The van der Waals surface area contributed by atoms with Gasteiger partial charge in [-0.05, 0) is 11.8 Å². The molecule has 1 heterocycles. The Morgan fingerprint density at radius 2 is 1.95 bits per heavy atom. The molecule has 0 saturated carbocycles. The van der Waals surface area contributed by atoms with E-state index in [2.05, 4.69) is 35.4 Å². The molecule has 3 nitrogen and oxygen atoms in total. The van der Waals surface area contributed by atoms with Crippen molar-refractivity contribution in [2.24, 2.45) is 0 Å². The van der Waals surface area contributed by atoms with Crippen LogP contribution in [0.5, 0.6) is 0 Å². The van der Waals surface area contributed by atoms with Gasteiger partial charge in [-0.3, -0.25) is 4.90 Å². The Balaban J connectivity index is 1.95. The van der Waals surface area contributed by atoms with Crippen molar-refractivity contribution in [2.75, 3.05) is 38.3 Å². The van der Waals surface area contributed by atoms with Crippen molar-refractivity contribution in [2.45, 2.75) is 25.0 Å². The molecule has 20 heavy (non-hydrogen) atoms. The molecule has 112 valence electrons. The van der Waals surface area contributed by atoms with Crippen molar-refractivity contribution in [3.05, 3.63) is 35.9 Å². The number of rotatable bonds is 7. The van der Waals surface area contributed by atoms with E-state index in [0.29, 0.717) is 13.2 Å². The minimum atomic E-state index is -0.578. The van der Waals surface area contributed by atoms with E-state index < -0.39 is 5.60 Å². The highest BCUT2D eigenvalue weighted by atomic mass is 32.2.